The number of benzene rings is 2. The highest BCUT2D eigenvalue weighted by Crippen LogP contribution is 2.15. The quantitative estimate of drug-likeness (QED) is 0.402. The van der Waals surface area contributed by atoms with Gasteiger partial charge in [0, 0.05) is 31.1 Å². The van der Waals surface area contributed by atoms with Crippen molar-refractivity contribution < 1.29 is 0 Å². The molecular formula is C23H29ClN6. The van der Waals surface area contributed by atoms with Gasteiger partial charge in [0.25, 0.3) is 0 Å². The molecule has 1 heterocycles. The molecule has 3 rings (SSSR count). The Kier molecular flexibility index (Phi) is 8.27. The first-order chi connectivity index (χ1) is 14.7. The van der Waals surface area contributed by atoms with E-state index in [2.05, 4.69) is 63.5 Å². The highest BCUT2D eigenvalue weighted by atomic mass is 35.5. The van der Waals surface area contributed by atoms with Gasteiger partial charge in [-0.2, -0.15) is 0 Å². The van der Waals surface area contributed by atoms with Crippen molar-refractivity contribution in [3.63, 3.8) is 0 Å². The van der Waals surface area contributed by atoms with Gasteiger partial charge in [-0.3, -0.25) is 4.99 Å². The smallest absolute Gasteiger partial charge is 0.191 e. The summed E-state index contributed by atoms with van der Waals surface area (Å²) in [7, 11) is 0. The maximum Gasteiger partial charge on any atom is 0.191 e. The zero-order chi connectivity index (χ0) is 21.2. The van der Waals surface area contributed by atoms with E-state index in [1.54, 1.807) is 6.33 Å². The molecule has 0 aliphatic heterocycles. The lowest BCUT2D eigenvalue weighted by Gasteiger charge is -2.19. The summed E-state index contributed by atoms with van der Waals surface area (Å²) in [5.41, 5.74) is 2.44. The SMILES string of the molecule is CCc1nncn1CCNC(=NCCc1ccccc1)NC(C)c1ccc(Cl)cc1. The van der Waals surface area contributed by atoms with E-state index in [1.807, 2.05) is 30.3 Å². The Morgan fingerprint density at radius 3 is 2.63 bits per heavy atom. The normalized spacial score (nSPS) is 12.6. The Morgan fingerprint density at radius 2 is 1.90 bits per heavy atom. The second kappa shape index (κ2) is 11.4. The van der Waals surface area contributed by atoms with Crippen molar-refractivity contribution >= 4 is 17.6 Å². The fraction of sp³-hybridized carbons (Fsp3) is 0.348. The summed E-state index contributed by atoms with van der Waals surface area (Å²) in [6, 6.07) is 18.4. The maximum atomic E-state index is 6.02. The van der Waals surface area contributed by atoms with E-state index in [0.717, 1.165) is 48.3 Å². The van der Waals surface area contributed by atoms with Crippen LogP contribution in [0.15, 0.2) is 65.9 Å². The van der Waals surface area contributed by atoms with Crippen molar-refractivity contribution in [1.29, 1.82) is 0 Å². The van der Waals surface area contributed by atoms with Crippen LogP contribution in [0.5, 0.6) is 0 Å². The van der Waals surface area contributed by atoms with E-state index in [9.17, 15) is 0 Å². The fourth-order valence-corrected chi connectivity index (χ4v) is 3.29. The van der Waals surface area contributed by atoms with Crippen LogP contribution in [0, 0.1) is 0 Å². The zero-order valence-electron chi connectivity index (χ0n) is 17.6. The third-order valence-electron chi connectivity index (χ3n) is 4.89. The molecule has 30 heavy (non-hydrogen) atoms. The number of rotatable bonds is 9. The lowest BCUT2D eigenvalue weighted by molar-refractivity contribution is 0.619. The van der Waals surface area contributed by atoms with E-state index in [1.165, 1.54) is 5.56 Å². The average Bonchev–Trinajstić information content (AvgIpc) is 3.22. The van der Waals surface area contributed by atoms with Crippen molar-refractivity contribution in [2.75, 3.05) is 13.1 Å². The molecule has 1 unspecified atom stereocenters. The molecule has 6 nitrogen and oxygen atoms in total. The molecule has 0 bridgehead atoms. The highest BCUT2D eigenvalue weighted by Gasteiger charge is 2.09. The minimum Gasteiger partial charge on any atom is -0.355 e. The first kappa shape index (κ1) is 21.8. The van der Waals surface area contributed by atoms with Crippen LogP contribution in [-0.2, 0) is 19.4 Å². The molecule has 1 aromatic heterocycles. The molecule has 0 saturated heterocycles. The minimum atomic E-state index is 0.103. The highest BCUT2D eigenvalue weighted by molar-refractivity contribution is 6.30. The Bertz CT molecular complexity index is 920. The van der Waals surface area contributed by atoms with Gasteiger partial charge in [0.15, 0.2) is 5.96 Å². The van der Waals surface area contributed by atoms with E-state index in [0.29, 0.717) is 6.54 Å². The van der Waals surface area contributed by atoms with Crippen LogP contribution in [0.25, 0.3) is 0 Å². The van der Waals surface area contributed by atoms with Crippen LogP contribution in [0.3, 0.4) is 0 Å². The summed E-state index contributed by atoms with van der Waals surface area (Å²) < 4.78 is 2.07. The number of hydrogen-bond donors (Lipinski definition) is 2. The lowest BCUT2D eigenvalue weighted by Crippen LogP contribution is -2.40. The average molecular weight is 425 g/mol. The molecule has 2 aromatic carbocycles. The van der Waals surface area contributed by atoms with Crippen LogP contribution in [0.1, 0.15) is 36.8 Å². The standard InChI is InChI=1S/C23H29ClN6/c1-3-22-29-27-17-30(22)16-15-26-23(25-14-13-19-7-5-4-6-8-19)28-18(2)20-9-11-21(24)12-10-20/h4-12,17-18H,3,13-16H2,1-2H3,(H2,25,26,28). The molecule has 0 amide bonds. The Labute approximate surface area is 183 Å². The van der Waals surface area contributed by atoms with Crippen molar-refractivity contribution in [2.45, 2.75) is 39.3 Å². The van der Waals surface area contributed by atoms with Gasteiger partial charge in [-0.1, -0.05) is 61.0 Å². The van der Waals surface area contributed by atoms with Gasteiger partial charge < -0.3 is 15.2 Å². The van der Waals surface area contributed by atoms with Gasteiger partial charge in [0.2, 0.25) is 0 Å². The first-order valence-corrected chi connectivity index (χ1v) is 10.7. The number of nitrogens with zero attached hydrogens (tertiary/aromatic N) is 4. The number of guanidine groups is 1. The topological polar surface area (TPSA) is 67.1 Å². The molecular weight excluding hydrogens is 396 g/mol. The van der Waals surface area contributed by atoms with E-state index >= 15 is 0 Å². The van der Waals surface area contributed by atoms with Gasteiger partial charge in [-0.15, -0.1) is 10.2 Å². The molecule has 0 aliphatic carbocycles. The van der Waals surface area contributed by atoms with Crippen molar-refractivity contribution in [3.05, 3.63) is 82.9 Å². The summed E-state index contributed by atoms with van der Waals surface area (Å²) in [5.74, 6) is 1.78. The largest absolute Gasteiger partial charge is 0.355 e. The Morgan fingerprint density at radius 1 is 1.13 bits per heavy atom. The molecule has 0 radical (unpaired) electrons. The molecule has 0 spiro atoms. The van der Waals surface area contributed by atoms with Crippen LogP contribution in [-0.4, -0.2) is 33.8 Å². The van der Waals surface area contributed by atoms with Crippen molar-refractivity contribution in [2.24, 2.45) is 4.99 Å². The Hall–Kier alpha value is -2.86. The predicted octanol–water partition coefficient (Wildman–Crippen LogP) is 4.03. The second-order valence-electron chi connectivity index (χ2n) is 7.10. The van der Waals surface area contributed by atoms with E-state index < -0.39 is 0 Å². The van der Waals surface area contributed by atoms with Crippen molar-refractivity contribution in [1.82, 2.24) is 25.4 Å². The van der Waals surface area contributed by atoms with Crippen molar-refractivity contribution in [3.8, 4) is 0 Å². The summed E-state index contributed by atoms with van der Waals surface area (Å²) in [6.45, 7) is 6.42. The Balaban J connectivity index is 1.62. The molecule has 0 aliphatic rings. The molecule has 7 heteroatoms. The van der Waals surface area contributed by atoms with Gasteiger partial charge >= 0.3 is 0 Å². The number of aliphatic imine (C=N–C) groups is 1. The van der Waals surface area contributed by atoms with E-state index in [4.69, 9.17) is 16.6 Å². The minimum absolute atomic E-state index is 0.103. The molecule has 158 valence electrons. The first-order valence-electron chi connectivity index (χ1n) is 10.4. The van der Waals surface area contributed by atoms with Crippen LogP contribution < -0.4 is 10.6 Å². The molecule has 3 aromatic rings. The number of aromatic nitrogens is 3. The van der Waals surface area contributed by atoms with Crippen LogP contribution >= 0.6 is 11.6 Å². The predicted molar refractivity (Wildman–Crippen MR) is 123 cm³/mol. The van der Waals surface area contributed by atoms with Crippen LogP contribution in [0.2, 0.25) is 5.02 Å². The molecule has 0 saturated carbocycles. The molecule has 2 N–H and O–H groups in total. The summed E-state index contributed by atoms with van der Waals surface area (Å²) in [4.78, 5) is 4.79. The number of aryl methyl sites for hydroxylation is 1. The summed E-state index contributed by atoms with van der Waals surface area (Å²) in [6.07, 6.45) is 3.54. The van der Waals surface area contributed by atoms with Crippen LogP contribution in [0.4, 0.5) is 0 Å². The fourth-order valence-electron chi connectivity index (χ4n) is 3.17. The maximum absolute atomic E-state index is 6.02. The van der Waals surface area contributed by atoms with Gasteiger partial charge in [-0.25, -0.2) is 0 Å². The number of halogens is 1. The zero-order valence-corrected chi connectivity index (χ0v) is 18.3. The molecule has 0 fully saturated rings. The van der Waals surface area contributed by atoms with Gasteiger partial charge in [0.05, 0.1) is 6.04 Å². The molecule has 1 atom stereocenters. The number of hydrogen-bond acceptors (Lipinski definition) is 3. The lowest BCUT2D eigenvalue weighted by atomic mass is 10.1. The van der Waals surface area contributed by atoms with Gasteiger partial charge in [-0.05, 0) is 36.6 Å². The summed E-state index contributed by atoms with van der Waals surface area (Å²) in [5, 5.41) is 15.8. The van der Waals surface area contributed by atoms with E-state index in [-0.39, 0.29) is 6.04 Å². The monoisotopic (exact) mass is 424 g/mol. The third kappa shape index (κ3) is 6.59. The number of nitrogens with one attached hydrogen (secondary N) is 2. The third-order valence-corrected chi connectivity index (χ3v) is 5.15. The summed E-state index contributed by atoms with van der Waals surface area (Å²) >= 11 is 6.02. The second-order valence-corrected chi connectivity index (χ2v) is 7.54. The van der Waals surface area contributed by atoms with Gasteiger partial charge in [0.1, 0.15) is 12.2 Å².